The number of carbonyl (C=O) groups excluding carboxylic acids is 1. The second kappa shape index (κ2) is 9.87. The lowest BCUT2D eigenvalue weighted by molar-refractivity contribution is 0.102. The molecule has 1 amide bonds. The summed E-state index contributed by atoms with van der Waals surface area (Å²) in [6, 6.07) is 19.3. The first-order chi connectivity index (χ1) is 14.1. The second-order valence-corrected chi connectivity index (χ2v) is 7.16. The minimum Gasteiger partial charge on any atom is -0.457 e. The average Bonchev–Trinajstić information content (AvgIpc) is 2.71. The third-order valence-corrected chi connectivity index (χ3v) is 4.70. The van der Waals surface area contributed by atoms with Crippen LogP contribution in [0.25, 0.3) is 0 Å². The molecule has 0 saturated heterocycles. The number of rotatable bonds is 8. The van der Waals surface area contributed by atoms with Crippen molar-refractivity contribution in [1.82, 2.24) is 4.98 Å². The summed E-state index contributed by atoms with van der Waals surface area (Å²) in [5.41, 5.74) is 4.39. The van der Waals surface area contributed by atoms with E-state index in [1.807, 2.05) is 55.5 Å². The van der Waals surface area contributed by atoms with Crippen LogP contribution < -0.4 is 10.1 Å². The summed E-state index contributed by atoms with van der Waals surface area (Å²) >= 11 is 0. The lowest BCUT2D eigenvalue weighted by Gasteiger charge is -2.10. The zero-order valence-corrected chi connectivity index (χ0v) is 17.4. The molecule has 0 aliphatic rings. The third-order valence-electron chi connectivity index (χ3n) is 4.70. The number of nitrogens with one attached hydrogen (secondary N) is 1. The van der Waals surface area contributed by atoms with Gasteiger partial charge >= 0.3 is 0 Å². The van der Waals surface area contributed by atoms with E-state index in [0.29, 0.717) is 5.56 Å². The molecule has 4 heteroatoms. The summed E-state index contributed by atoms with van der Waals surface area (Å²) in [7, 11) is 0. The number of hydrogen-bond acceptors (Lipinski definition) is 3. The fourth-order valence-electron chi connectivity index (χ4n) is 3.20. The smallest absolute Gasteiger partial charge is 0.257 e. The van der Waals surface area contributed by atoms with Crippen molar-refractivity contribution in [2.24, 2.45) is 0 Å². The van der Waals surface area contributed by atoms with E-state index in [2.05, 4.69) is 36.3 Å². The molecule has 0 bridgehead atoms. The minimum atomic E-state index is -0.154. The predicted octanol–water partition coefficient (Wildman–Crippen LogP) is 6.34. The first kappa shape index (κ1) is 20.6. The highest BCUT2D eigenvalue weighted by molar-refractivity contribution is 6.05. The average molecular weight is 389 g/mol. The lowest BCUT2D eigenvalue weighted by atomic mass is 10.1. The number of hydrogen-bond donors (Lipinski definition) is 1. The van der Waals surface area contributed by atoms with Crippen LogP contribution in [0, 0.1) is 6.92 Å². The first-order valence-electron chi connectivity index (χ1n) is 10.2. The van der Waals surface area contributed by atoms with Gasteiger partial charge in [-0.25, -0.2) is 0 Å². The van der Waals surface area contributed by atoms with Crippen LogP contribution in [-0.2, 0) is 12.8 Å². The molecule has 1 aromatic heterocycles. The molecule has 29 heavy (non-hydrogen) atoms. The lowest BCUT2D eigenvalue weighted by Crippen LogP contribution is -2.14. The second-order valence-electron chi connectivity index (χ2n) is 7.16. The Morgan fingerprint density at radius 2 is 1.48 bits per heavy atom. The van der Waals surface area contributed by atoms with E-state index >= 15 is 0 Å². The SMILES string of the molecule is CCCc1ccc(Oc2ccc(NC(=O)c3ccc(CCC)nc3C)cc2)cc1. The van der Waals surface area contributed by atoms with Crippen LogP contribution in [0.3, 0.4) is 0 Å². The fraction of sp³-hybridized carbons (Fsp3) is 0.280. The molecule has 4 nitrogen and oxygen atoms in total. The monoisotopic (exact) mass is 388 g/mol. The number of nitrogens with zero attached hydrogens (tertiary/aromatic N) is 1. The summed E-state index contributed by atoms with van der Waals surface area (Å²) in [5.74, 6) is 1.38. The number of benzene rings is 2. The topological polar surface area (TPSA) is 51.2 Å². The Morgan fingerprint density at radius 1 is 0.862 bits per heavy atom. The van der Waals surface area contributed by atoms with Crippen LogP contribution in [0.2, 0.25) is 0 Å². The van der Waals surface area contributed by atoms with Gasteiger partial charge in [-0.15, -0.1) is 0 Å². The van der Waals surface area contributed by atoms with E-state index in [1.54, 1.807) is 0 Å². The van der Waals surface area contributed by atoms with Crippen LogP contribution in [-0.4, -0.2) is 10.9 Å². The maximum atomic E-state index is 12.6. The summed E-state index contributed by atoms with van der Waals surface area (Å²) in [4.78, 5) is 17.1. The summed E-state index contributed by atoms with van der Waals surface area (Å²) in [6.45, 7) is 6.16. The summed E-state index contributed by atoms with van der Waals surface area (Å²) < 4.78 is 5.89. The zero-order valence-electron chi connectivity index (χ0n) is 17.4. The highest BCUT2D eigenvalue weighted by atomic mass is 16.5. The molecular formula is C25H28N2O2. The van der Waals surface area contributed by atoms with Gasteiger partial charge in [0.1, 0.15) is 11.5 Å². The van der Waals surface area contributed by atoms with Gasteiger partial charge in [0.05, 0.1) is 11.3 Å². The Kier molecular flexibility index (Phi) is 7.01. The van der Waals surface area contributed by atoms with E-state index in [4.69, 9.17) is 4.74 Å². The van der Waals surface area contributed by atoms with Gasteiger partial charge in [0.15, 0.2) is 0 Å². The van der Waals surface area contributed by atoms with Gasteiger partial charge in [0, 0.05) is 11.4 Å². The number of anilines is 1. The third kappa shape index (κ3) is 5.67. The van der Waals surface area contributed by atoms with Gasteiger partial charge in [0.2, 0.25) is 0 Å². The molecule has 0 atom stereocenters. The quantitative estimate of drug-likeness (QED) is 0.490. The van der Waals surface area contributed by atoms with E-state index < -0.39 is 0 Å². The molecule has 0 saturated carbocycles. The molecule has 0 fully saturated rings. The largest absolute Gasteiger partial charge is 0.457 e. The van der Waals surface area contributed by atoms with Gasteiger partial charge in [-0.05, 0) is 73.9 Å². The van der Waals surface area contributed by atoms with Gasteiger partial charge < -0.3 is 10.1 Å². The number of carbonyl (C=O) groups is 1. The van der Waals surface area contributed by atoms with Crippen LogP contribution in [0.4, 0.5) is 5.69 Å². The van der Waals surface area contributed by atoms with Gasteiger partial charge in [-0.2, -0.15) is 0 Å². The standard InChI is InChI=1S/C25H28N2O2/c1-4-6-19-8-13-22(14-9-19)29-23-15-10-21(11-16-23)27-25(28)24-17-12-20(7-5-2)26-18(24)3/h8-17H,4-7H2,1-3H3,(H,27,28). The van der Waals surface area contributed by atoms with E-state index in [9.17, 15) is 4.79 Å². The summed E-state index contributed by atoms with van der Waals surface area (Å²) in [5, 5.41) is 2.93. The number of pyridine rings is 1. The minimum absolute atomic E-state index is 0.154. The molecule has 150 valence electrons. The molecule has 0 unspecified atom stereocenters. The molecule has 0 aliphatic carbocycles. The molecule has 1 N–H and O–H groups in total. The number of amides is 1. The maximum absolute atomic E-state index is 12.6. The van der Waals surface area contributed by atoms with Crippen molar-refractivity contribution in [1.29, 1.82) is 0 Å². The van der Waals surface area contributed by atoms with Crippen molar-refractivity contribution in [3.8, 4) is 11.5 Å². The Labute approximate surface area is 173 Å². The Balaban J connectivity index is 1.62. The van der Waals surface area contributed by atoms with Crippen molar-refractivity contribution in [2.75, 3.05) is 5.32 Å². The highest BCUT2D eigenvalue weighted by Crippen LogP contribution is 2.24. The van der Waals surface area contributed by atoms with Gasteiger partial charge in [0.25, 0.3) is 5.91 Å². The molecule has 3 rings (SSSR count). The highest BCUT2D eigenvalue weighted by Gasteiger charge is 2.11. The van der Waals surface area contributed by atoms with Crippen molar-refractivity contribution >= 4 is 11.6 Å². The van der Waals surface area contributed by atoms with Crippen molar-refractivity contribution in [3.05, 3.63) is 83.2 Å². The summed E-state index contributed by atoms with van der Waals surface area (Å²) in [6.07, 6.45) is 4.16. The normalized spacial score (nSPS) is 10.6. The van der Waals surface area contributed by atoms with Crippen molar-refractivity contribution in [2.45, 2.75) is 46.5 Å². The first-order valence-corrected chi connectivity index (χ1v) is 10.2. The molecule has 0 radical (unpaired) electrons. The predicted molar refractivity (Wildman–Crippen MR) is 118 cm³/mol. The molecule has 0 spiro atoms. The zero-order chi connectivity index (χ0) is 20.6. The van der Waals surface area contributed by atoms with Crippen LogP contribution in [0.5, 0.6) is 11.5 Å². The Morgan fingerprint density at radius 3 is 2.07 bits per heavy atom. The number of aryl methyl sites for hydroxylation is 3. The van der Waals surface area contributed by atoms with Gasteiger partial charge in [-0.1, -0.05) is 38.8 Å². The van der Waals surface area contributed by atoms with E-state index in [0.717, 1.165) is 54.3 Å². The molecular weight excluding hydrogens is 360 g/mol. The Bertz CT molecular complexity index is 948. The fourth-order valence-corrected chi connectivity index (χ4v) is 3.20. The van der Waals surface area contributed by atoms with Crippen LogP contribution >= 0.6 is 0 Å². The van der Waals surface area contributed by atoms with Crippen molar-refractivity contribution < 1.29 is 9.53 Å². The maximum Gasteiger partial charge on any atom is 0.257 e. The van der Waals surface area contributed by atoms with E-state index in [1.165, 1.54) is 5.56 Å². The molecule has 3 aromatic rings. The van der Waals surface area contributed by atoms with Crippen molar-refractivity contribution in [3.63, 3.8) is 0 Å². The molecule has 2 aromatic carbocycles. The molecule has 1 heterocycles. The Hall–Kier alpha value is -3.14. The van der Waals surface area contributed by atoms with Gasteiger partial charge in [-0.3, -0.25) is 9.78 Å². The molecule has 0 aliphatic heterocycles. The van der Waals surface area contributed by atoms with Crippen LogP contribution in [0.15, 0.2) is 60.7 Å². The van der Waals surface area contributed by atoms with Crippen LogP contribution in [0.1, 0.15) is 54.0 Å². The number of aromatic nitrogens is 1. The van der Waals surface area contributed by atoms with E-state index in [-0.39, 0.29) is 5.91 Å². The number of ether oxygens (including phenoxy) is 1.